The zero-order chi connectivity index (χ0) is 16.0. The Morgan fingerprint density at radius 2 is 1.90 bits per heavy atom. The van der Waals surface area contributed by atoms with Crippen molar-refractivity contribution in [1.29, 1.82) is 0 Å². The van der Waals surface area contributed by atoms with Crippen LogP contribution in [0.25, 0.3) is 0 Å². The topological polar surface area (TPSA) is 92.8 Å². The lowest BCUT2D eigenvalue weighted by molar-refractivity contribution is -0.116. The molecule has 1 aromatic carbocycles. The van der Waals surface area contributed by atoms with Crippen molar-refractivity contribution in [2.75, 3.05) is 31.8 Å². The second-order valence-electron chi connectivity index (χ2n) is 4.24. The molecule has 1 N–H and O–H groups in total. The number of carbonyl (C=O) groups is 2. The summed E-state index contributed by atoms with van der Waals surface area (Å²) >= 11 is 0. The van der Waals surface area contributed by atoms with Crippen LogP contribution in [0.4, 0.5) is 5.69 Å². The van der Waals surface area contributed by atoms with Gasteiger partial charge in [-0.05, 0) is 19.1 Å². The highest BCUT2D eigenvalue weighted by Gasteiger charge is 2.19. The number of anilines is 1. The van der Waals surface area contributed by atoms with Crippen molar-refractivity contribution >= 4 is 27.6 Å². The van der Waals surface area contributed by atoms with E-state index in [0.29, 0.717) is 0 Å². The van der Waals surface area contributed by atoms with E-state index in [1.54, 1.807) is 18.2 Å². The number of nitrogens with one attached hydrogen (secondary N) is 1. The third-order valence-electron chi connectivity index (χ3n) is 2.81. The van der Waals surface area contributed by atoms with E-state index in [4.69, 9.17) is 0 Å². The van der Waals surface area contributed by atoms with Crippen LogP contribution in [0.5, 0.6) is 0 Å². The predicted molar refractivity (Wildman–Crippen MR) is 78.5 cm³/mol. The quantitative estimate of drug-likeness (QED) is 0.780. The number of benzene rings is 1. The Balaban J connectivity index is 2.83. The molecule has 0 aliphatic heterocycles. The van der Waals surface area contributed by atoms with Gasteiger partial charge in [-0.25, -0.2) is 13.2 Å². The van der Waals surface area contributed by atoms with Crippen molar-refractivity contribution in [2.24, 2.45) is 0 Å². The van der Waals surface area contributed by atoms with Crippen molar-refractivity contribution in [3.63, 3.8) is 0 Å². The fourth-order valence-electron chi connectivity index (χ4n) is 1.59. The molecule has 7 nitrogen and oxygen atoms in total. The Bertz CT molecular complexity index is 627. The number of hydrogen-bond acceptors (Lipinski definition) is 5. The van der Waals surface area contributed by atoms with Crippen LogP contribution in [0.1, 0.15) is 17.3 Å². The zero-order valence-electron chi connectivity index (χ0n) is 12.1. The van der Waals surface area contributed by atoms with E-state index in [-0.39, 0.29) is 23.5 Å². The third kappa shape index (κ3) is 4.54. The first kappa shape index (κ1) is 17.1. The smallest absolute Gasteiger partial charge is 0.339 e. The molecule has 8 heteroatoms. The number of nitrogens with zero attached hydrogens (tertiary/aromatic N) is 1. The number of methoxy groups -OCH3 is 1. The number of para-hydroxylation sites is 1. The molecule has 0 saturated carbocycles. The van der Waals surface area contributed by atoms with Crippen molar-refractivity contribution < 1.29 is 22.7 Å². The average molecular weight is 314 g/mol. The monoisotopic (exact) mass is 314 g/mol. The Kier molecular flexibility index (Phi) is 5.86. The number of amides is 1. The predicted octanol–water partition coefficient (Wildman–Crippen LogP) is 0.693. The molecule has 0 saturated heterocycles. The molecule has 0 spiro atoms. The maximum absolute atomic E-state index is 11.9. The van der Waals surface area contributed by atoms with Gasteiger partial charge in [0.15, 0.2) is 0 Å². The largest absolute Gasteiger partial charge is 0.465 e. The van der Waals surface area contributed by atoms with Crippen molar-refractivity contribution in [3.05, 3.63) is 29.8 Å². The van der Waals surface area contributed by atoms with Gasteiger partial charge < -0.3 is 10.1 Å². The molecular weight excluding hydrogens is 296 g/mol. The van der Waals surface area contributed by atoms with E-state index in [9.17, 15) is 18.0 Å². The number of hydrogen-bond donors (Lipinski definition) is 1. The van der Waals surface area contributed by atoms with Crippen LogP contribution < -0.4 is 5.32 Å². The highest BCUT2D eigenvalue weighted by molar-refractivity contribution is 7.89. The normalized spacial score (nSPS) is 11.2. The minimum Gasteiger partial charge on any atom is -0.465 e. The summed E-state index contributed by atoms with van der Waals surface area (Å²) in [6, 6.07) is 6.33. The Hall–Kier alpha value is -1.93. The van der Waals surface area contributed by atoms with Gasteiger partial charge in [0.25, 0.3) is 0 Å². The molecule has 1 aromatic rings. The summed E-state index contributed by atoms with van der Waals surface area (Å²) in [6.45, 7) is 1.17. The van der Waals surface area contributed by atoms with Gasteiger partial charge in [0, 0.05) is 7.05 Å². The third-order valence-corrected chi connectivity index (χ3v) is 4.62. The van der Waals surface area contributed by atoms with Gasteiger partial charge in [-0.1, -0.05) is 12.1 Å². The lowest BCUT2D eigenvalue weighted by Gasteiger charge is -2.16. The van der Waals surface area contributed by atoms with E-state index in [2.05, 4.69) is 10.1 Å². The van der Waals surface area contributed by atoms with Gasteiger partial charge in [0.2, 0.25) is 15.9 Å². The van der Waals surface area contributed by atoms with Crippen LogP contribution in [0.2, 0.25) is 0 Å². The lowest BCUT2D eigenvalue weighted by atomic mass is 10.2. The van der Waals surface area contributed by atoms with Gasteiger partial charge in [0.05, 0.1) is 30.7 Å². The Morgan fingerprint density at radius 3 is 2.48 bits per heavy atom. The average Bonchev–Trinajstić information content (AvgIpc) is 2.46. The fourth-order valence-corrected chi connectivity index (χ4v) is 2.35. The van der Waals surface area contributed by atoms with Crippen molar-refractivity contribution in [3.8, 4) is 0 Å². The Labute approximate surface area is 123 Å². The van der Waals surface area contributed by atoms with Crippen molar-refractivity contribution in [1.82, 2.24) is 4.31 Å². The van der Waals surface area contributed by atoms with Gasteiger partial charge in [-0.2, -0.15) is 4.31 Å². The van der Waals surface area contributed by atoms with Crippen LogP contribution in [0.15, 0.2) is 24.3 Å². The summed E-state index contributed by atoms with van der Waals surface area (Å²) in [4.78, 5) is 23.4. The number of esters is 1. The fraction of sp³-hybridized carbons (Fsp3) is 0.385. The van der Waals surface area contributed by atoms with E-state index >= 15 is 0 Å². The summed E-state index contributed by atoms with van der Waals surface area (Å²) in [5, 5.41) is 2.51. The number of rotatable bonds is 6. The summed E-state index contributed by atoms with van der Waals surface area (Å²) in [5.41, 5.74) is 0.478. The summed E-state index contributed by atoms with van der Waals surface area (Å²) in [5.74, 6) is -1.21. The lowest BCUT2D eigenvalue weighted by Crippen LogP contribution is -2.36. The summed E-state index contributed by atoms with van der Waals surface area (Å²) in [7, 11) is -0.873. The number of sulfonamides is 1. The van der Waals surface area contributed by atoms with Crippen molar-refractivity contribution in [2.45, 2.75) is 6.92 Å². The molecule has 116 valence electrons. The Morgan fingerprint density at radius 1 is 1.29 bits per heavy atom. The molecule has 0 fully saturated rings. The molecule has 0 aliphatic carbocycles. The molecular formula is C13H18N2O5S. The van der Waals surface area contributed by atoms with E-state index in [0.717, 1.165) is 4.31 Å². The number of likely N-dealkylation sites (N-methyl/N-ethyl adjacent to an activating group) is 1. The molecule has 0 radical (unpaired) electrons. The van der Waals surface area contributed by atoms with Crippen LogP contribution in [0.3, 0.4) is 0 Å². The SMILES string of the molecule is CCS(=O)(=O)N(C)CC(=O)Nc1ccccc1C(=O)OC. The highest BCUT2D eigenvalue weighted by Crippen LogP contribution is 2.16. The first-order valence-corrected chi connectivity index (χ1v) is 7.84. The van der Waals surface area contributed by atoms with Gasteiger partial charge in [-0.15, -0.1) is 0 Å². The maximum atomic E-state index is 11.9. The van der Waals surface area contributed by atoms with Crippen LogP contribution in [-0.4, -0.2) is 51.1 Å². The second kappa shape index (κ2) is 7.19. The summed E-state index contributed by atoms with van der Waals surface area (Å²) in [6.07, 6.45) is 0. The number of carbonyl (C=O) groups excluding carboxylic acids is 2. The van der Waals surface area contributed by atoms with Crippen LogP contribution in [-0.2, 0) is 19.6 Å². The molecule has 0 aromatic heterocycles. The minimum atomic E-state index is -3.44. The standard InChI is InChI=1S/C13H18N2O5S/c1-4-21(18,19)15(2)9-12(16)14-11-8-6-5-7-10(11)13(17)20-3/h5-8H,4,9H2,1-3H3,(H,14,16). The number of ether oxygens (including phenoxy) is 1. The van der Waals surface area contributed by atoms with Crippen LogP contribution >= 0.6 is 0 Å². The minimum absolute atomic E-state index is 0.0878. The molecule has 0 unspecified atom stereocenters. The van der Waals surface area contributed by atoms with Gasteiger partial charge in [0.1, 0.15) is 0 Å². The maximum Gasteiger partial charge on any atom is 0.339 e. The molecule has 21 heavy (non-hydrogen) atoms. The van der Waals surface area contributed by atoms with E-state index in [1.165, 1.54) is 27.1 Å². The molecule has 1 rings (SSSR count). The van der Waals surface area contributed by atoms with E-state index < -0.39 is 21.9 Å². The molecule has 0 aliphatic rings. The first-order valence-electron chi connectivity index (χ1n) is 6.23. The highest BCUT2D eigenvalue weighted by atomic mass is 32.2. The zero-order valence-corrected chi connectivity index (χ0v) is 12.9. The van der Waals surface area contributed by atoms with Crippen LogP contribution in [0, 0.1) is 0 Å². The summed E-state index contributed by atoms with van der Waals surface area (Å²) < 4.78 is 28.7. The second-order valence-corrected chi connectivity index (χ2v) is 6.61. The molecule has 0 heterocycles. The van der Waals surface area contributed by atoms with Gasteiger partial charge >= 0.3 is 5.97 Å². The van der Waals surface area contributed by atoms with Gasteiger partial charge in [-0.3, -0.25) is 4.79 Å². The first-order chi connectivity index (χ1) is 9.81. The molecule has 0 bridgehead atoms. The molecule has 1 amide bonds. The molecule has 0 atom stereocenters. The van der Waals surface area contributed by atoms with E-state index in [1.807, 2.05) is 0 Å².